The molecule has 1 aliphatic rings. The first-order chi connectivity index (χ1) is 11.8. The van der Waals surface area contributed by atoms with Crippen LogP contribution in [0.15, 0.2) is 42.5 Å². The van der Waals surface area contributed by atoms with Crippen LogP contribution in [0, 0.1) is 0 Å². The smallest absolute Gasteiger partial charge is 0.109 e. The van der Waals surface area contributed by atoms with E-state index in [2.05, 4.69) is 49.3 Å². The predicted molar refractivity (Wildman–Crippen MR) is 97.1 cm³/mol. The summed E-state index contributed by atoms with van der Waals surface area (Å²) in [5, 5.41) is 13.1. The number of likely N-dealkylation sites (tertiary alicyclic amines) is 1. The van der Waals surface area contributed by atoms with E-state index < -0.39 is 0 Å². The Kier molecular flexibility index (Phi) is 4.42. The minimum atomic E-state index is -0.168. The van der Waals surface area contributed by atoms with Gasteiger partial charge in [0.15, 0.2) is 0 Å². The number of hydrogen-bond donors (Lipinski definition) is 2. The summed E-state index contributed by atoms with van der Waals surface area (Å²) in [5.41, 5.74) is 5.47. The zero-order valence-electron chi connectivity index (χ0n) is 13.4. The zero-order valence-corrected chi connectivity index (χ0v) is 14.2. The molecule has 24 heavy (non-hydrogen) atoms. The van der Waals surface area contributed by atoms with Crippen LogP contribution in [0.3, 0.4) is 0 Å². The van der Waals surface area contributed by atoms with Gasteiger partial charge in [0.05, 0.1) is 17.8 Å². The SMILES string of the molecule is OC1CCN(Cc2cccc(NCc3cccc4nsnc34)c2)C1. The molecule has 1 saturated heterocycles. The summed E-state index contributed by atoms with van der Waals surface area (Å²) in [6.45, 7) is 3.36. The van der Waals surface area contributed by atoms with Crippen molar-refractivity contribution in [3.63, 3.8) is 0 Å². The van der Waals surface area contributed by atoms with Crippen LogP contribution >= 0.6 is 11.7 Å². The molecule has 1 fully saturated rings. The van der Waals surface area contributed by atoms with Crippen molar-refractivity contribution in [1.82, 2.24) is 13.6 Å². The van der Waals surface area contributed by atoms with Crippen molar-refractivity contribution >= 4 is 28.4 Å². The molecular weight excluding hydrogens is 320 g/mol. The Balaban J connectivity index is 1.43. The van der Waals surface area contributed by atoms with E-state index in [-0.39, 0.29) is 6.10 Å². The normalized spacial score (nSPS) is 18.3. The Labute approximate surface area is 145 Å². The van der Waals surface area contributed by atoms with Gasteiger partial charge in [0, 0.05) is 37.4 Å². The number of aliphatic hydroxyl groups excluding tert-OH is 1. The lowest BCUT2D eigenvalue weighted by Gasteiger charge is -2.16. The molecule has 0 bridgehead atoms. The first-order valence-electron chi connectivity index (χ1n) is 8.21. The first kappa shape index (κ1) is 15.5. The van der Waals surface area contributed by atoms with Gasteiger partial charge >= 0.3 is 0 Å². The number of β-amino-alcohol motifs (C(OH)–C–C–N with tert-alkyl or cyclic N) is 1. The first-order valence-corrected chi connectivity index (χ1v) is 8.94. The maximum Gasteiger partial charge on any atom is 0.109 e. The van der Waals surface area contributed by atoms with Crippen molar-refractivity contribution in [3.05, 3.63) is 53.6 Å². The van der Waals surface area contributed by atoms with Gasteiger partial charge in [-0.15, -0.1) is 0 Å². The maximum absolute atomic E-state index is 9.65. The van der Waals surface area contributed by atoms with Crippen LogP contribution < -0.4 is 5.32 Å². The highest BCUT2D eigenvalue weighted by molar-refractivity contribution is 7.00. The monoisotopic (exact) mass is 340 g/mol. The van der Waals surface area contributed by atoms with Crippen molar-refractivity contribution in [2.75, 3.05) is 18.4 Å². The number of benzene rings is 2. The summed E-state index contributed by atoms with van der Waals surface area (Å²) in [5.74, 6) is 0. The van der Waals surface area contributed by atoms with E-state index in [4.69, 9.17) is 0 Å². The minimum Gasteiger partial charge on any atom is -0.392 e. The molecule has 1 aromatic heterocycles. The average molecular weight is 340 g/mol. The van der Waals surface area contributed by atoms with Crippen LogP contribution in [0.1, 0.15) is 17.5 Å². The maximum atomic E-state index is 9.65. The predicted octanol–water partition coefficient (Wildman–Crippen LogP) is 2.87. The third-order valence-electron chi connectivity index (χ3n) is 4.43. The summed E-state index contributed by atoms with van der Waals surface area (Å²) in [7, 11) is 0. The fourth-order valence-corrected chi connectivity index (χ4v) is 3.76. The van der Waals surface area contributed by atoms with Crippen LogP contribution in [0.2, 0.25) is 0 Å². The zero-order chi connectivity index (χ0) is 16.4. The Bertz CT molecular complexity index is 835. The molecule has 0 spiro atoms. The summed E-state index contributed by atoms with van der Waals surface area (Å²) >= 11 is 1.26. The lowest BCUT2D eigenvalue weighted by molar-refractivity contribution is 0.175. The highest BCUT2D eigenvalue weighted by atomic mass is 32.1. The Morgan fingerprint density at radius 1 is 1.21 bits per heavy atom. The molecule has 1 atom stereocenters. The van der Waals surface area contributed by atoms with Gasteiger partial charge in [0.2, 0.25) is 0 Å². The van der Waals surface area contributed by atoms with E-state index in [0.717, 1.165) is 54.9 Å². The molecule has 0 aliphatic carbocycles. The molecule has 1 aliphatic heterocycles. The fraction of sp³-hybridized carbons (Fsp3) is 0.333. The number of anilines is 1. The molecule has 0 saturated carbocycles. The Morgan fingerprint density at radius 2 is 2.12 bits per heavy atom. The molecule has 2 aromatic carbocycles. The van der Waals surface area contributed by atoms with Gasteiger partial charge in [0.1, 0.15) is 11.0 Å². The van der Waals surface area contributed by atoms with Crippen molar-refractivity contribution in [2.24, 2.45) is 0 Å². The number of nitrogens with one attached hydrogen (secondary N) is 1. The molecule has 0 amide bonds. The van der Waals surface area contributed by atoms with Crippen LogP contribution in [-0.2, 0) is 13.1 Å². The van der Waals surface area contributed by atoms with Crippen molar-refractivity contribution in [2.45, 2.75) is 25.6 Å². The van der Waals surface area contributed by atoms with Crippen molar-refractivity contribution < 1.29 is 5.11 Å². The largest absolute Gasteiger partial charge is 0.392 e. The molecule has 3 aromatic rings. The second kappa shape index (κ2) is 6.84. The van der Waals surface area contributed by atoms with Gasteiger partial charge in [-0.05, 0) is 30.2 Å². The Hall–Kier alpha value is -2.02. The van der Waals surface area contributed by atoms with Crippen LogP contribution in [-0.4, -0.2) is 37.9 Å². The van der Waals surface area contributed by atoms with E-state index in [1.54, 1.807) is 0 Å². The standard InChI is InChI=1S/C18H20N4OS/c23-16-7-8-22(12-16)11-13-3-1-5-15(9-13)19-10-14-4-2-6-17-18(14)21-24-20-17/h1-6,9,16,19,23H,7-8,10-12H2. The summed E-state index contributed by atoms with van der Waals surface area (Å²) < 4.78 is 8.67. The molecule has 0 radical (unpaired) electrons. The lowest BCUT2D eigenvalue weighted by atomic mass is 10.1. The van der Waals surface area contributed by atoms with Gasteiger partial charge < -0.3 is 10.4 Å². The third kappa shape index (κ3) is 3.40. The van der Waals surface area contributed by atoms with Gasteiger partial charge in [-0.2, -0.15) is 8.75 Å². The van der Waals surface area contributed by atoms with Crippen molar-refractivity contribution in [1.29, 1.82) is 0 Å². The van der Waals surface area contributed by atoms with Gasteiger partial charge in [-0.3, -0.25) is 4.90 Å². The number of fused-ring (bicyclic) bond motifs is 1. The fourth-order valence-electron chi connectivity index (χ4n) is 3.20. The molecule has 5 nitrogen and oxygen atoms in total. The number of nitrogens with zero attached hydrogens (tertiary/aromatic N) is 3. The highest BCUT2D eigenvalue weighted by Gasteiger charge is 2.19. The number of aliphatic hydroxyl groups is 1. The summed E-state index contributed by atoms with van der Waals surface area (Å²) in [4.78, 5) is 2.30. The number of aromatic nitrogens is 2. The molecular formula is C18H20N4OS. The molecule has 1 unspecified atom stereocenters. The van der Waals surface area contributed by atoms with E-state index in [1.807, 2.05) is 12.1 Å². The quantitative estimate of drug-likeness (QED) is 0.748. The summed E-state index contributed by atoms with van der Waals surface area (Å²) in [6.07, 6.45) is 0.711. The number of rotatable bonds is 5. The van der Waals surface area contributed by atoms with Gasteiger partial charge in [-0.1, -0.05) is 24.3 Å². The van der Waals surface area contributed by atoms with Gasteiger partial charge in [-0.25, -0.2) is 0 Å². The second-order valence-corrected chi connectivity index (χ2v) is 6.81. The lowest BCUT2D eigenvalue weighted by Crippen LogP contribution is -2.21. The van der Waals surface area contributed by atoms with Crippen LogP contribution in [0.4, 0.5) is 5.69 Å². The Morgan fingerprint density at radius 3 is 3.00 bits per heavy atom. The average Bonchev–Trinajstić information content (AvgIpc) is 3.22. The second-order valence-electron chi connectivity index (χ2n) is 6.28. The molecule has 2 heterocycles. The number of hydrogen-bond acceptors (Lipinski definition) is 6. The molecule has 6 heteroatoms. The molecule has 2 N–H and O–H groups in total. The van der Waals surface area contributed by atoms with E-state index in [1.165, 1.54) is 17.3 Å². The van der Waals surface area contributed by atoms with E-state index in [9.17, 15) is 5.11 Å². The minimum absolute atomic E-state index is 0.168. The van der Waals surface area contributed by atoms with E-state index >= 15 is 0 Å². The molecule has 4 rings (SSSR count). The topological polar surface area (TPSA) is 61.3 Å². The van der Waals surface area contributed by atoms with Crippen LogP contribution in [0.5, 0.6) is 0 Å². The highest BCUT2D eigenvalue weighted by Crippen LogP contribution is 2.20. The van der Waals surface area contributed by atoms with Crippen LogP contribution in [0.25, 0.3) is 11.0 Å². The van der Waals surface area contributed by atoms with Gasteiger partial charge in [0.25, 0.3) is 0 Å². The third-order valence-corrected chi connectivity index (χ3v) is 4.98. The summed E-state index contributed by atoms with van der Waals surface area (Å²) in [6, 6.07) is 14.6. The van der Waals surface area contributed by atoms with Crippen molar-refractivity contribution in [3.8, 4) is 0 Å². The van der Waals surface area contributed by atoms with E-state index in [0.29, 0.717) is 0 Å². The molecule has 124 valence electrons.